The molecule has 1 aliphatic rings. The number of hydrogen-bond donors (Lipinski definition) is 3. The predicted octanol–water partition coefficient (Wildman–Crippen LogP) is -0.487. The Bertz CT molecular complexity index is 133. The van der Waals surface area contributed by atoms with Crippen LogP contribution in [0.2, 0.25) is 0 Å². The van der Waals surface area contributed by atoms with Crippen molar-refractivity contribution >= 4 is 0 Å². The average molecular weight is 171 g/mol. The van der Waals surface area contributed by atoms with E-state index in [4.69, 9.17) is 0 Å². The number of piperidine rings is 1. The van der Waals surface area contributed by atoms with E-state index in [1.54, 1.807) is 0 Å². The third-order valence-corrected chi connectivity index (χ3v) is 2.61. The molecule has 71 valence electrons. The van der Waals surface area contributed by atoms with Gasteiger partial charge in [0.2, 0.25) is 0 Å². The van der Waals surface area contributed by atoms with Crippen LogP contribution in [0.25, 0.3) is 0 Å². The van der Waals surface area contributed by atoms with Crippen molar-refractivity contribution in [1.82, 2.24) is 21.1 Å². The maximum atomic E-state index is 3.32. The second-order valence-corrected chi connectivity index (χ2v) is 3.15. The maximum absolute atomic E-state index is 3.32. The van der Waals surface area contributed by atoms with Crippen LogP contribution in [0.3, 0.4) is 0 Å². The highest BCUT2D eigenvalue weighted by molar-refractivity contribution is 4.92. The van der Waals surface area contributed by atoms with Crippen LogP contribution in [-0.4, -0.2) is 38.4 Å². The fraction of sp³-hybridized carbons (Fsp3) is 0.875. The third-order valence-electron chi connectivity index (χ3n) is 2.61. The summed E-state index contributed by atoms with van der Waals surface area (Å²) in [5.74, 6) is 0. The molecule has 1 saturated heterocycles. The zero-order chi connectivity index (χ0) is 9.03. The van der Waals surface area contributed by atoms with Gasteiger partial charge in [-0.05, 0) is 34.0 Å². The monoisotopic (exact) mass is 171 g/mol. The smallest absolute Gasteiger partial charge is 0.0828 e. The van der Waals surface area contributed by atoms with Crippen molar-refractivity contribution in [2.24, 2.45) is 0 Å². The van der Waals surface area contributed by atoms with Crippen LogP contribution in [0.5, 0.6) is 0 Å². The molecule has 3 N–H and O–H groups in total. The molecule has 1 radical (unpaired) electrons. The first kappa shape index (κ1) is 9.92. The molecule has 0 bridgehead atoms. The van der Waals surface area contributed by atoms with Crippen LogP contribution in [-0.2, 0) is 0 Å². The second-order valence-electron chi connectivity index (χ2n) is 3.15. The molecule has 0 aromatic heterocycles. The van der Waals surface area contributed by atoms with E-state index in [0.29, 0.717) is 0 Å². The fourth-order valence-corrected chi connectivity index (χ4v) is 1.60. The lowest BCUT2D eigenvalue weighted by Gasteiger charge is -2.41. The molecule has 0 aromatic carbocycles. The predicted molar refractivity (Wildman–Crippen MR) is 50.2 cm³/mol. The Kier molecular flexibility index (Phi) is 3.46. The molecule has 1 fully saturated rings. The molecular formula is C8H19N4. The summed E-state index contributed by atoms with van der Waals surface area (Å²) in [5, 5.41) is 8.74. The van der Waals surface area contributed by atoms with Gasteiger partial charge < -0.3 is 10.6 Å². The Balaban J connectivity index is 2.52. The maximum Gasteiger partial charge on any atom is 0.0828 e. The van der Waals surface area contributed by atoms with E-state index in [-0.39, 0.29) is 5.66 Å². The lowest BCUT2D eigenvalue weighted by atomic mass is 10.00. The molecule has 0 amide bonds. The SMILES string of the molecule is CNN1[CH]CCC(NC)(NC)C1. The van der Waals surface area contributed by atoms with Crippen LogP contribution in [0, 0.1) is 6.54 Å². The quantitative estimate of drug-likeness (QED) is 0.501. The first-order valence-electron chi connectivity index (χ1n) is 4.41. The lowest BCUT2D eigenvalue weighted by Crippen LogP contribution is -2.63. The largest absolute Gasteiger partial charge is 0.301 e. The van der Waals surface area contributed by atoms with E-state index >= 15 is 0 Å². The molecule has 12 heavy (non-hydrogen) atoms. The highest BCUT2D eigenvalue weighted by Crippen LogP contribution is 2.18. The van der Waals surface area contributed by atoms with Crippen LogP contribution >= 0.6 is 0 Å². The molecule has 0 saturated carbocycles. The number of hydrogen-bond acceptors (Lipinski definition) is 4. The lowest BCUT2D eigenvalue weighted by molar-refractivity contribution is 0.106. The van der Waals surface area contributed by atoms with Crippen LogP contribution in [0.15, 0.2) is 0 Å². The zero-order valence-electron chi connectivity index (χ0n) is 8.15. The highest BCUT2D eigenvalue weighted by Gasteiger charge is 2.31. The number of nitrogens with one attached hydrogen (secondary N) is 3. The fourth-order valence-electron chi connectivity index (χ4n) is 1.60. The van der Waals surface area contributed by atoms with Crippen molar-refractivity contribution in [3.8, 4) is 0 Å². The molecule has 1 rings (SSSR count). The van der Waals surface area contributed by atoms with Crippen molar-refractivity contribution < 1.29 is 0 Å². The van der Waals surface area contributed by atoms with Crippen LogP contribution in [0.1, 0.15) is 12.8 Å². The molecule has 0 atom stereocenters. The summed E-state index contributed by atoms with van der Waals surface area (Å²) in [6.07, 6.45) is 2.24. The topological polar surface area (TPSA) is 39.3 Å². The van der Waals surface area contributed by atoms with Gasteiger partial charge >= 0.3 is 0 Å². The Hall–Kier alpha value is -0.160. The number of likely N-dealkylation sites (N-methyl/N-ethyl adjacent to an activating group) is 2. The van der Waals surface area contributed by atoms with Gasteiger partial charge in [0.25, 0.3) is 0 Å². The van der Waals surface area contributed by atoms with Gasteiger partial charge in [-0.25, -0.2) is 5.01 Å². The van der Waals surface area contributed by atoms with Gasteiger partial charge in [0.15, 0.2) is 0 Å². The van der Waals surface area contributed by atoms with Crippen molar-refractivity contribution in [2.45, 2.75) is 18.5 Å². The van der Waals surface area contributed by atoms with E-state index in [1.807, 2.05) is 21.1 Å². The van der Waals surface area contributed by atoms with Gasteiger partial charge in [-0.2, -0.15) is 0 Å². The van der Waals surface area contributed by atoms with E-state index < -0.39 is 0 Å². The molecule has 4 heteroatoms. The van der Waals surface area contributed by atoms with Crippen LogP contribution < -0.4 is 16.1 Å². The number of nitrogens with zero attached hydrogens (tertiary/aromatic N) is 1. The number of hydrazine groups is 1. The minimum atomic E-state index is 0.0672. The second kappa shape index (κ2) is 4.18. The molecule has 4 nitrogen and oxygen atoms in total. The summed E-state index contributed by atoms with van der Waals surface area (Å²) in [4.78, 5) is 0. The molecule has 1 aliphatic heterocycles. The molecule has 0 spiro atoms. The minimum absolute atomic E-state index is 0.0672. The van der Waals surface area contributed by atoms with Gasteiger partial charge in [0, 0.05) is 13.1 Å². The van der Waals surface area contributed by atoms with E-state index in [1.165, 1.54) is 0 Å². The Morgan fingerprint density at radius 1 is 1.25 bits per heavy atom. The first-order valence-corrected chi connectivity index (χ1v) is 4.41. The van der Waals surface area contributed by atoms with Crippen LogP contribution in [0.4, 0.5) is 0 Å². The van der Waals surface area contributed by atoms with Crippen molar-refractivity contribution in [1.29, 1.82) is 0 Å². The van der Waals surface area contributed by atoms with Crippen molar-refractivity contribution in [2.75, 3.05) is 27.7 Å². The van der Waals surface area contributed by atoms with E-state index in [2.05, 4.69) is 27.6 Å². The van der Waals surface area contributed by atoms with E-state index in [9.17, 15) is 0 Å². The van der Waals surface area contributed by atoms with Gasteiger partial charge in [-0.1, -0.05) is 0 Å². The Morgan fingerprint density at radius 3 is 2.42 bits per heavy atom. The van der Waals surface area contributed by atoms with Gasteiger partial charge in [-0.3, -0.25) is 5.43 Å². The zero-order valence-corrected chi connectivity index (χ0v) is 8.15. The Labute approximate surface area is 74.7 Å². The molecule has 0 aliphatic carbocycles. The van der Waals surface area contributed by atoms with Crippen molar-refractivity contribution in [3.05, 3.63) is 6.54 Å². The normalized spacial score (nSPS) is 24.2. The minimum Gasteiger partial charge on any atom is -0.301 e. The summed E-state index contributed by atoms with van der Waals surface area (Å²) >= 11 is 0. The van der Waals surface area contributed by atoms with E-state index in [0.717, 1.165) is 19.4 Å². The molecular weight excluding hydrogens is 152 g/mol. The van der Waals surface area contributed by atoms with Gasteiger partial charge in [0.05, 0.1) is 5.66 Å². The van der Waals surface area contributed by atoms with Gasteiger partial charge in [-0.15, -0.1) is 0 Å². The highest BCUT2D eigenvalue weighted by atomic mass is 15.5. The standard InChI is InChI=1S/C8H19N4/c1-9-8(10-2)5-4-6-12(7-8)11-3/h6,9-11H,4-5,7H2,1-3H3. The first-order chi connectivity index (χ1) is 5.76. The molecule has 0 aromatic rings. The van der Waals surface area contributed by atoms with Crippen molar-refractivity contribution in [3.63, 3.8) is 0 Å². The summed E-state index contributed by atoms with van der Waals surface area (Å²) in [6.45, 7) is 3.14. The number of rotatable bonds is 3. The average Bonchev–Trinajstić information content (AvgIpc) is 2.18. The molecule has 1 heterocycles. The Morgan fingerprint density at radius 2 is 1.92 bits per heavy atom. The van der Waals surface area contributed by atoms with Gasteiger partial charge in [0.1, 0.15) is 0 Å². The summed E-state index contributed by atoms with van der Waals surface area (Å²) in [5.41, 5.74) is 3.19. The summed E-state index contributed by atoms with van der Waals surface area (Å²) in [7, 11) is 5.93. The summed E-state index contributed by atoms with van der Waals surface area (Å²) in [6, 6.07) is 0. The molecule has 0 unspecified atom stereocenters. The summed E-state index contributed by atoms with van der Waals surface area (Å²) < 4.78 is 0. The third kappa shape index (κ3) is 1.95.